The van der Waals surface area contributed by atoms with Crippen LogP contribution in [0.1, 0.15) is 16.7 Å². The summed E-state index contributed by atoms with van der Waals surface area (Å²) in [6.45, 7) is 3.93. The Labute approximate surface area is 210 Å². The third-order valence-corrected chi connectivity index (χ3v) is 5.10. The molecule has 4 aromatic rings. The summed E-state index contributed by atoms with van der Waals surface area (Å²) in [5, 5.41) is 8.76. The quantitative estimate of drug-likeness (QED) is 0.383. The molecule has 0 radical (unpaired) electrons. The van der Waals surface area contributed by atoms with Gasteiger partial charge >= 0.3 is 6.36 Å². The fraction of sp³-hybridized carbons (Fsp3) is 0.148. The molecule has 190 valence electrons. The molecule has 0 spiro atoms. The van der Waals surface area contributed by atoms with Crippen molar-refractivity contribution in [2.45, 2.75) is 20.2 Å². The Bertz CT molecular complexity index is 1550. The van der Waals surface area contributed by atoms with Gasteiger partial charge in [0, 0.05) is 35.9 Å². The van der Waals surface area contributed by atoms with Gasteiger partial charge in [0.1, 0.15) is 17.6 Å². The fourth-order valence-electron chi connectivity index (χ4n) is 3.37. The minimum Gasteiger partial charge on any atom is -0.496 e. The number of nitrogens with zero attached hydrogens (tertiary/aromatic N) is 3. The zero-order valence-corrected chi connectivity index (χ0v) is 20.1. The summed E-state index contributed by atoms with van der Waals surface area (Å²) < 4.78 is 47.8. The smallest absolute Gasteiger partial charge is 0.496 e. The van der Waals surface area contributed by atoms with Gasteiger partial charge in [-0.05, 0) is 73.5 Å². The largest absolute Gasteiger partial charge is 0.573 e. The van der Waals surface area contributed by atoms with Gasteiger partial charge in [0.15, 0.2) is 0 Å². The van der Waals surface area contributed by atoms with Crippen LogP contribution >= 0.6 is 0 Å². The molecule has 0 saturated carbocycles. The van der Waals surface area contributed by atoms with E-state index in [-0.39, 0.29) is 16.9 Å². The molecule has 2 aromatic carbocycles. The molecular weight excluding hydrogens is 487 g/mol. The van der Waals surface area contributed by atoms with Crippen LogP contribution in [0.25, 0.3) is 11.4 Å². The Morgan fingerprint density at radius 3 is 1.97 bits per heavy atom. The van der Waals surface area contributed by atoms with E-state index >= 15 is 0 Å². The molecule has 7 nitrogen and oxygen atoms in total. The van der Waals surface area contributed by atoms with E-state index in [1.807, 2.05) is 50.4 Å². The first kappa shape index (κ1) is 26.8. The number of aromatic nitrogens is 2. The van der Waals surface area contributed by atoms with Gasteiger partial charge < -0.3 is 9.47 Å². The lowest BCUT2D eigenvalue weighted by atomic mass is 10.2. The van der Waals surface area contributed by atoms with Gasteiger partial charge in [-0.15, -0.1) is 13.2 Å². The van der Waals surface area contributed by atoms with Crippen molar-refractivity contribution in [3.8, 4) is 28.9 Å². The maximum Gasteiger partial charge on any atom is 0.573 e. The summed E-state index contributed by atoms with van der Waals surface area (Å²) in [7, 11) is 1.64. The molecule has 0 amide bonds. The molecule has 0 fully saturated rings. The molecule has 10 heteroatoms. The molecule has 0 saturated heterocycles. The van der Waals surface area contributed by atoms with Crippen molar-refractivity contribution in [1.29, 1.82) is 5.26 Å². The Kier molecular flexibility index (Phi) is 8.19. The number of pyridine rings is 2. The number of benzene rings is 2. The number of methoxy groups -OCH3 is 1. The fourth-order valence-corrected chi connectivity index (χ4v) is 3.37. The molecule has 0 bridgehead atoms. The van der Waals surface area contributed by atoms with Gasteiger partial charge in [0.2, 0.25) is 0 Å². The van der Waals surface area contributed by atoms with E-state index < -0.39 is 11.9 Å². The average molecular weight is 509 g/mol. The van der Waals surface area contributed by atoms with Gasteiger partial charge in [-0.3, -0.25) is 18.7 Å². The summed E-state index contributed by atoms with van der Waals surface area (Å²) in [5.74, 6) is 0.445. The molecular formula is C27H22F3N3O4. The molecule has 0 aliphatic carbocycles. The van der Waals surface area contributed by atoms with Crippen molar-refractivity contribution in [3.63, 3.8) is 0 Å². The minimum absolute atomic E-state index is 0.0276. The summed E-state index contributed by atoms with van der Waals surface area (Å²) in [5.41, 5.74) is 3.10. The van der Waals surface area contributed by atoms with E-state index in [0.717, 1.165) is 39.3 Å². The first-order valence-electron chi connectivity index (χ1n) is 10.8. The molecule has 0 unspecified atom stereocenters. The standard InChI is InChI=1S/C14H15NO2.C13H7F3N2O2/c1-10-4-7-14(16)15(9-10)12-5-6-13(17-3)11(2)8-12;14-13(15,16)20-11-4-2-10(3-5-11)18-8-9(7-17)1-6-12(18)19/h4-9H,1-3H3;1-6,8H. The van der Waals surface area contributed by atoms with E-state index in [1.165, 1.54) is 30.5 Å². The van der Waals surface area contributed by atoms with Crippen molar-refractivity contribution in [3.05, 3.63) is 117 Å². The number of alkyl halides is 3. The molecule has 37 heavy (non-hydrogen) atoms. The van der Waals surface area contributed by atoms with Crippen LogP contribution in [0.4, 0.5) is 13.2 Å². The number of hydrogen-bond acceptors (Lipinski definition) is 5. The monoisotopic (exact) mass is 509 g/mol. The first-order valence-corrected chi connectivity index (χ1v) is 10.8. The van der Waals surface area contributed by atoms with Crippen LogP contribution in [0, 0.1) is 25.2 Å². The van der Waals surface area contributed by atoms with E-state index in [0.29, 0.717) is 5.69 Å². The molecule has 0 N–H and O–H groups in total. The Balaban J connectivity index is 0.000000208. The van der Waals surface area contributed by atoms with E-state index in [2.05, 4.69) is 4.74 Å². The van der Waals surface area contributed by atoms with E-state index in [1.54, 1.807) is 17.7 Å². The van der Waals surface area contributed by atoms with Gasteiger partial charge in [-0.25, -0.2) is 0 Å². The highest BCUT2D eigenvalue weighted by atomic mass is 19.4. The second-order valence-electron chi connectivity index (χ2n) is 7.85. The highest BCUT2D eigenvalue weighted by Gasteiger charge is 2.30. The van der Waals surface area contributed by atoms with Crippen molar-refractivity contribution < 1.29 is 22.6 Å². The van der Waals surface area contributed by atoms with Gasteiger partial charge in [0.05, 0.1) is 12.7 Å². The average Bonchev–Trinajstić information content (AvgIpc) is 2.86. The zero-order chi connectivity index (χ0) is 27.2. The lowest BCUT2D eigenvalue weighted by Crippen LogP contribution is -2.18. The Hall–Kier alpha value is -4.78. The number of halogens is 3. The van der Waals surface area contributed by atoms with Gasteiger partial charge in [-0.1, -0.05) is 6.07 Å². The molecule has 0 aliphatic heterocycles. The SMILES string of the molecule is COc1ccc(-n2cc(C)ccc2=O)cc1C.N#Cc1ccc(=O)n(-c2ccc(OC(F)(F)F)cc2)c1. The third kappa shape index (κ3) is 7.11. The second-order valence-corrected chi connectivity index (χ2v) is 7.85. The normalized spacial score (nSPS) is 10.6. The van der Waals surface area contributed by atoms with E-state index in [4.69, 9.17) is 10.00 Å². The second kappa shape index (κ2) is 11.3. The maximum absolute atomic E-state index is 12.0. The lowest BCUT2D eigenvalue weighted by molar-refractivity contribution is -0.274. The number of ether oxygens (including phenoxy) is 2. The molecule has 0 atom stereocenters. The first-order chi connectivity index (χ1) is 17.5. The van der Waals surface area contributed by atoms with Crippen molar-refractivity contribution in [2.75, 3.05) is 7.11 Å². The molecule has 2 aromatic heterocycles. The zero-order valence-electron chi connectivity index (χ0n) is 20.1. The van der Waals surface area contributed by atoms with Crippen LogP contribution in [0.2, 0.25) is 0 Å². The molecule has 2 heterocycles. The van der Waals surface area contributed by atoms with Crippen LogP contribution in [-0.2, 0) is 0 Å². The molecule has 4 rings (SSSR count). The van der Waals surface area contributed by atoms with Crippen LogP contribution in [0.15, 0.2) is 88.7 Å². The number of aryl methyl sites for hydroxylation is 2. The summed E-state index contributed by atoms with van der Waals surface area (Å²) in [6, 6.07) is 18.3. The molecule has 0 aliphatic rings. The highest BCUT2D eigenvalue weighted by molar-refractivity contribution is 5.44. The number of nitriles is 1. The Morgan fingerprint density at radius 1 is 0.811 bits per heavy atom. The van der Waals surface area contributed by atoms with Gasteiger partial charge in [-0.2, -0.15) is 5.26 Å². The number of hydrogen-bond donors (Lipinski definition) is 0. The minimum atomic E-state index is -4.76. The van der Waals surface area contributed by atoms with Crippen molar-refractivity contribution in [2.24, 2.45) is 0 Å². The Morgan fingerprint density at radius 2 is 1.41 bits per heavy atom. The van der Waals surface area contributed by atoms with E-state index in [9.17, 15) is 22.8 Å². The predicted octanol–water partition coefficient (Wildman–Crippen LogP) is 5.07. The predicted molar refractivity (Wildman–Crippen MR) is 132 cm³/mol. The summed E-state index contributed by atoms with van der Waals surface area (Å²) >= 11 is 0. The topological polar surface area (TPSA) is 86.3 Å². The van der Waals surface area contributed by atoms with Gasteiger partial charge in [0.25, 0.3) is 11.1 Å². The summed E-state index contributed by atoms with van der Waals surface area (Å²) in [6.07, 6.45) is -1.62. The number of rotatable bonds is 4. The van der Waals surface area contributed by atoms with Crippen molar-refractivity contribution in [1.82, 2.24) is 9.13 Å². The van der Waals surface area contributed by atoms with Crippen molar-refractivity contribution >= 4 is 0 Å². The maximum atomic E-state index is 12.0. The highest BCUT2D eigenvalue weighted by Crippen LogP contribution is 2.23. The van der Waals surface area contributed by atoms with Crippen LogP contribution < -0.4 is 20.6 Å². The summed E-state index contributed by atoms with van der Waals surface area (Å²) in [4.78, 5) is 23.4. The van der Waals surface area contributed by atoms with Crippen LogP contribution in [0.3, 0.4) is 0 Å². The third-order valence-electron chi connectivity index (χ3n) is 5.10. The van der Waals surface area contributed by atoms with Crippen LogP contribution in [0.5, 0.6) is 11.5 Å². The lowest BCUT2D eigenvalue weighted by Gasteiger charge is -2.10. The van der Waals surface area contributed by atoms with Crippen LogP contribution in [-0.4, -0.2) is 22.6 Å².